The van der Waals surface area contributed by atoms with Gasteiger partial charge in [-0.25, -0.2) is 0 Å². The van der Waals surface area contributed by atoms with E-state index in [0.29, 0.717) is 18.0 Å². The van der Waals surface area contributed by atoms with E-state index in [1.165, 1.54) is 18.2 Å². The number of hydrogen-bond donors (Lipinski definition) is 3. The van der Waals surface area contributed by atoms with Crippen LogP contribution in [0.3, 0.4) is 0 Å². The molecule has 192 valence electrons. The first-order valence-electron chi connectivity index (χ1n) is 9.70. The van der Waals surface area contributed by atoms with E-state index in [0.717, 1.165) is 28.9 Å². The second-order valence-electron chi connectivity index (χ2n) is 7.00. The zero-order valence-electron chi connectivity index (χ0n) is 17.8. The number of nitrogens with zero attached hydrogens (tertiary/aromatic N) is 2. The second kappa shape index (κ2) is 10.7. The molecule has 0 fully saturated rings. The van der Waals surface area contributed by atoms with Crippen LogP contribution in [-0.4, -0.2) is 22.3 Å². The van der Waals surface area contributed by atoms with Gasteiger partial charge in [-0.3, -0.25) is 9.93 Å². The number of carbonyl (C=O) groups is 1. The number of halogens is 7. The van der Waals surface area contributed by atoms with Gasteiger partial charge in [-0.2, -0.15) is 36.1 Å². The van der Waals surface area contributed by atoms with Crippen LogP contribution in [0.2, 0.25) is 5.02 Å². The molecule has 1 heterocycles. The maximum Gasteiger partial charge on any atom is 0.435 e. The van der Waals surface area contributed by atoms with Crippen LogP contribution in [0.1, 0.15) is 16.8 Å². The molecule has 0 radical (unpaired) electrons. The summed E-state index contributed by atoms with van der Waals surface area (Å²) in [6, 6.07) is 10.3. The number of nitrogens with two attached hydrogens (primary N) is 2. The second-order valence-corrected chi connectivity index (χ2v) is 8.05. The molecular weight excluding hydrogens is 536 g/mol. The third-order valence-corrected chi connectivity index (χ3v) is 5.41. The number of amides is 1. The Kier molecular flexibility index (Phi) is 8.11. The molecule has 5 N–H and O–H groups in total. The molecule has 0 spiro atoms. The van der Waals surface area contributed by atoms with Gasteiger partial charge < -0.3 is 15.8 Å². The third kappa shape index (κ3) is 6.44. The van der Waals surface area contributed by atoms with E-state index in [9.17, 15) is 31.1 Å². The van der Waals surface area contributed by atoms with Gasteiger partial charge in [-0.05, 0) is 36.2 Å². The molecule has 15 heteroatoms. The fourth-order valence-corrected chi connectivity index (χ4v) is 3.47. The molecule has 0 saturated carbocycles. The number of rotatable bonds is 7. The quantitative estimate of drug-likeness (QED) is 0.283. The smallest absolute Gasteiger partial charge is 0.435 e. The summed E-state index contributed by atoms with van der Waals surface area (Å²) in [7, 11) is 0. The highest BCUT2D eigenvalue weighted by Crippen LogP contribution is 2.34. The fourth-order valence-electron chi connectivity index (χ4n) is 2.83. The Bertz CT molecular complexity index is 1280. The molecule has 1 amide bonds. The first-order chi connectivity index (χ1) is 16.8. The summed E-state index contributed by atoms with van der Waals surface area (Å²) >= 11 is 6.56. The fraction of sp³-hybridized carbons (Fsp3) is 0.143. The predicted molar refractivity (Wildman–Crippen MR) is 122 cm³/mol. The lowest BCUT2D eigenvalue weighted by atomic mass is 10.1. The third-order valence-electron chi connectivity index (χ3n) is 4.54. The van der Waals surface area contributed by atoms with E-state index in [4.69, 9.17) is 27.2 Å². The Morgan fingerprint density at radius 3 is 2.25 bits per heavy atom. The number of ether oxygens (including phenoxy) is 1. The average molecular weight is 552 g/mol. The van der Waals surface area contributed by atoms with Crippen LogP contribution in [0.5, 0.6) is 5.88 Å². The molecule has 36 heavy (non-hydrogen) atoms. The lowest BCUT2D eigenvalue weighted by molar-refractivity contribution is -0.141. The van der Waals surface area contributed by atoms with Crippen LogP contribution < -0.4 is 20.9 Å². The first-order valence-corrected chi connectivity index (χ1v) is 11.0. The Morgan fingerprint density at radius 1 is 1.06 bits per heavy atom. The van der Waals surface area contributed by atoms with Crippen molar-refractivity contribution in [2.75, 3.05) is 6.61 Å². The largest absolute Gasteiger partial charge is 0.467 e. The van der Waals surface area contributed by atoms with Crippen molar-refractivity contribution in [3.63, 3.8) is 0 Å². The van der Waals surface area contributed by atoms with Gasteiger partial charge in [0.25, 0.3) is 5.91 Å². The summed E-state index contributed by atoms with van der Waals surface area (Å²) < 4.78 is 84.0. The van der Waals surface area contributed by atoms with Gasteiger partial charge in [0.2, 0.25) is 5.88 Å². The highest BCUT2D eigenvalue weighted by Gasteiger charge is 2.36. The van der Waals surface area contributed by atoms with Crippen molar-refractivity contribution in [1.82, 2.24) is 15.1 Å². The SMILES string of the molecule is NS/C(NC(=O)COc1cc(C(F)(F)F)nn1-c1ccccc1Cl)=C(\N)c1ccc(C(F)(F)F)cc1. The van der Waals surface area contributed by atoms with Gasteiger partial charge in [0, 0.05) is 11.6 Å². The van der Waals surface area contributed by atoms with Crippen molar-refractivity contribution in [2.24, 2.45) is 10.9 Å². The number of carbonyl (C=O) groups excluding carboxylic acids is 1. The van der Waals surface area contributed by atoms with Gasteiger partial charge >= 0.3 is 12.4 Å². The standard InChI is InChI=1S/C21H16ClF6N5O2S/c22-13-3-1-2-4-14(13)33-17(9-15(32-33)21(26,27)28)35-10-16(34)31-19(36-30)18(29)11-5-7-12(8-6-11)20(23,24)25/h1-9H,10,29-30H2,(H,31,34)/b19-18-. The Hall–Kier alpha value is -3.36. The lowest BCUT2D eigenvalue weighted by Crippen LogP contribution is -2.30. The van der Waals surface area contributed by atoms with E-state index in [2.05, 4.69) is 10.4 Å². The Morgan fingerprint density at radius 2 is 1.69 bits per heavy atom. The Balaban J connectivity index is 1.79. The molecule has 2 aromatic carbocycles. The van der Waals surface area contributed by atoms with Crippen LogP contribution in [0.4, 0.5) is 26.3 Å². The summed E-state index contributed by atoms with van der Waals surface area (Å²) in [5.74, 6) is -1.29. The zero-order chi connectivity index (χ0) is 26.7. The molecule has 0 aliphatic heterocycles. The van der Waals surface area contributed by atoms with Gasteiger partial charge in [-0.1, -0.05) is 35.9 Å². The molecule has 0 aliphatic rings. The minimum atomic E-state index is -4.80. The summed E-state index contributed by atoms with van der Waals surface area (Å²) in [5.41, 5.74) is 3.84. The van der Waals surface area contributed by atoms with E-state index >= 15 is 0 Å². The van der Waals surface area contributed by atoms with Crippen LogP contribution in [-0.2, 0) is 17.1 Å². The average Bonchev–Trinajstić information content (AvgIpc) is 3.25. The van der Waals surface area contributed by atoms with E-state index < -0.39 is 42.0 Å². The van der Waals surface area contributed by atoms with Crippen molar-refractivity contribution in [3.05, 3.63) is 81.5 Å². The molecule has 0 bridgehead atoms. The van der Waals surface area contributed by atoms with Gasteiger partial charge in [0.05, 0.1) is 22.0 Å². The monoisotopic (exact) mass is 551 g/mol. The number of benzene rings is 2. The molecule has 7 nitrogen and oxygen atoms in total. The molecule has 0 atom stereocenters. The normalized spacial score (nSPS) is 12.8. The molecular formula is C21H16ClF6N5O2S. The van der Waals surface area contributed by atoms with Gasteiger partial charge in [0.15, 0.2) is 12.3 Å². The molecule has 0 unspecified atom stereocenters. The molecule has 3 aromatic rings. The summed E-state index contributed by atoms with van der Waals surface area (Å²) in [4.78, 5) is 12.4. The highest BCUT2D eigenvalue weighted by atomic mass is 35.5. The number of para-hydroxylation sites is 1. The van der Waals surface area contributed by atoms with Crippen molar-refractivity contribution in [3.8, 4) is 11.6 Å². The summed E-state index contributed by atoms with van der Waals surface area (Å²) in [6.07, 6.45) is -9.34. The van der Waals surface area contributed by atoms with Crippen LogP contribution in [0.15, 0.2) is 59.6 Å². The molecule has 0 aliphatic carbocycles. The van der Waals surface area contributed by atoms with E-state index in [1.54, 1.807) is 6.07 Å². The number of hydrogen-bond acceptors (Lipinski definition) is 6. The number of alkyl halides is 6. The van der Waals surface area contributed by atoms with E-state index in [1.807, 2.05) is 0 Å². The van der Waals surface area contributed by atoms with Crippen LogP contribution in [0.25, 0.3) is 11.4 Å². The van der Waals surface area contributed by atoms with E-state index in [-0.39, 0.29) is 27.0 Å². The molecule has 0 saturated heterocycles. The first kappa shape index (κ1) is 27.2. The lowest BCUT2D eigenvalue weighted by Gasteiger charge is -2.13. The van der Waals surface area contributed by atoms with Gasteiger partial charge in [0.1, 0.15) is 5.03 Å². The van der Waals surface area contributed by atoms with Crippen molar-refractivity contribution in [1.29, 1.82) is 0 Å². The minimum absolute atomic E-state index is 0.0784. The molecule has 1 aromatic heterocycles. The van der Waals surface area contributed by atoms with Crippen molar-refractivity contribution < 1.29 is 35.9 Å². The summed E-state index contributed by atoms with van der Waals surface area (Å²) in [6.45, 7) is -0.780. The minimum Gasteiger partial charge on any atom is -0.467 e. The van der Waals surface area contributed by atoms with Crippen molar-refractivity contribution >= 4 is 35.2 Å². The Labute approximate surface area is 209 Å². The number of nitrogens with one attached hydrogen (secondary N) is 1. The molecule has 3 rings (SSSR count). The number of aromatic nitrogens is 2. The van der Waals surface area contributed by atoms with Crippen LogP contribution in [0, 0.1) is 0 Å². The maximum absolute atomic E-state index is 13.2. The predicted octanol–water partition coefficient (Wildman–Crippen LogP) is 4.95. The van der Waals surface area contributed by atoms with Crippen molar-refractivity contribution in [2.45, 2.75) is 12.4 Å². The zero-order valence-corrected chi connectivity index (χ0v) is 19.4. The van der Waals surface area contributed by atoms with Crippen LogP contribution >= 0.6 is 23.5 Å². The summed E-state index contributed by atoms with van der Waals surface area (Å²) in [5, 5.41) is 11.3. The van der Waals surface area contributed by atoms with Gasteiger partial charge in [-0.15, -0.1) is 0 Å². The maximum atomic E-state index is 13.2. The topological polar surface area (TPSA) is 108 Å². The highest BCUT2D eigenvalue weighted by molar-refractivity contribution is 8.01.